The molecule has 3 unspecified atom stereocenters. The van der Waals surface area contributed by atoms with Crippen LogP contribution in [0.4, 0.5) is 0 Å². The maximum Gasteiger partial charge on any atom is 0.172 e. The molecule has 2 heterocycles. The molecule has 10 heavy (non-hydrogen) atoms. The number of fused-ring (bicyclic) bond motifs is 1. The van der Waals surface area contributed by atoms with Gasteiger partial charge in [0, 0.05) is 0 Å². The summed E-state index contributed by atoms with van der Waals surface area (Å²) in [5, 5.41) is 8.50. The Kier molecular flexibility index (Phi) is 1.34. The molecule has 0 bridgehead atoms. The van der Waals surface area contributed by atoms with Gasteiger partial charge in [-0.05, 0) is 0 Å². The van der Waals surface area contributed by atoms with Crippen molar-refractivity contribution in [2.24, 2.45) is 0 Å². The molecule has 4 heteroatoms. The summed E-state index contributed by atoms with van der Waals surface area (Å²) < 4.78 is 15.3. The molecule has 0 saturated carbocycles. The topological polar surface area (TPSA) is 51.5 Å². The Morgan fingerprint density at radius 2 is 2.20 bits per heavy atom. The molecule has 4 nitrogen and oxygen atoms in total. The molecule has 0 spiro atoms. The number of nitriles is 1. The van der Waals surface area contributed by atoms with Gasteiger partial charge >= 0.3 is 0 Å². The zero-order chi connectivity index (χ0) is 6.97. The van der Waals surface area contributed by atoms with E-state index in [9.17, 15) is 0 Å². The van der Waals surface area contributed by atoms with Crippen molar-refractivity contribution >= 4 is 0 Å². The molecular weight excluding hydrogens is 134 g/mol. The van der Waals surface area contributed by atoms with E-state index in [1.165, 1.54) is 0 Å². The minimum Gasteiger partial charge on any atom is -0.358 e. The third kappa shape index (κ3) is 0.721. The van der Waals surface area contributed by atoms with E-state index in [2.05, 4.69) is 0 Å². The molecule has 2 rings (SSSR count). The van der Waals surface area contributed by atoms with E-state index in [1.54, 1.807) is 0 Å². The lowest BCUT2D eigenvalue weighted by Crippen LogP contribution is -2.25. The van der Waals surface area contributed by atoms with Crippen LogP contribution in [-0.2, 0) is 14.2 Å². The fraction of sp³-hybridized carbons (Fsp3) is 0.833. The Hall–Kier alpha value is -0.630. The third-order valence-electron chi connectivity index (χ3n) is 1.77. The summed E-state index contributed by atoms with van der Waals surface area (Å²) >= 11 is 0. The van der Waals surface area contributed by atoms with E-state index < -0.39 is 6.10 Å². The summed E-state index contributed by atoms with van der Waals surface area (Å²) in [7, 11) is 0. The minimum absolute atomic E-state index is 0.00958. The van der Waals surface area contributed by atoms with Crippen LogP contribution in [0, 0.1) is 11.3 Å². The Bertz CT molecular complexity index is 176. The summed E-state index contributed by atoms with van der Waals surface area (Å²) in [6.45, 7) is 0.791. The van der Waals surface area contributed by atoms with Crippen molar-refractivity contribution in [2.75, 3.05) is 13.4 Å². The van der Waals surface area contributed by atoms with Gasteiger partial charge in [-0.3, -0.25) is 0 Å². The predicted octanol–water partition coefficient (Wildman–Crippen LogP) is -0.350. The van der Waals surface area contributed by atoms with Crippen LogP contribution in [0.1, 0.15) is 0 Å². The molecule has 0 radical (unpaired) electrons. The van der Waals surface area contributed by atoms with Crippen molar-refractivity contribution in [2.45, 2.75) is 18.3 Å². The van der Waals surface area contributed by atoms with Gasteiger partial charge in [-0.2, -0.15) is 5.26 Å². The monoisotopic (exact) mass is 141 g/mol. The van der Waals surface area contributed by atoms with E-state index >= 15 is 0 Å². The third-order valence-corrected chi connectivity index (χ3v) is 1.77. The average molecular weight is 141 g/mol. The van der Waals surface area contributed by atoms with Crippen molar-refractivity contribution in [3.63, 3.8) is 0 Å². The zero-order valence-corrected chi connectivity index (χ0v) is 5.32. The Morgan fingerprint density at radius 3 is 3.00 bits per heavy atom. The molecular formula is C6H7NO3. The van der Waals surface area contributed by atoms with Crippen LogP contribution in [0.25, 0.3) is 0 Å². The van der Waals surface area contributed by atoms with Crippen molar-refractivity contribution < 1.29 is 14.2 Å². The first-order valence-electron chi connectivity index (χ1n) is 3.16. The molecule has 0 N–H and O–H groups in total. The fourth-order valence-corrected chi connectivity index (χ4v) is 1.24. The quantitative estimate of drug-likeness (QED) is 0.462. The van der Waals surface area contributed by atoms with Gasteiger partial charge in [0.2, 0.25) is 0 Å². The van der Waals surface area contributed by atoms with E-state index in [0.29, 0.717) is 13.4 Å². The summed E-state index contributed by atoms with van der Waals surface area (Å²) in [6.07, 6.45) is -0.581. The summed E-state index contributed by atoms with van der Waals surface area (Å²) in [5.41, 5.74) is 0. The summed E-state index contributed by atoms with van der Waals surface area (Å²) in [5.74, 6) is 0. The van der Waals surface area contributed by atoms with Crippen LogP contribution in [0.3, 0.4) is 0 Å². The Morgan fingerprint density at radius 1 is 1.30 bits per heavy atom. The lowest BCUT2D eigenvalue weighted by atomic mass is 10.2. The highest BCUT2D eigenvalue weighted by Crippen LogP contribution is 2.24. The molecule has 0 aliphatic carbocycles. The molecule has 0 aromatic rings. The highest BCUT2D eigenvalue weighted by atomic mass is 16.7. The van der Waals surface area contributed by atoms with Gasteiger partial charge in [-0.1, -0.05) is 0 Å². The highest BCUT2D eigenvalue weighted by Gasteiger charge is 2.42. The van der Waals surface area contributed by atoms with Crippen LogP contribution in [0.5, 0.6) is 0 Å². The molecule has 0 aromatic carbocycles. The van der Waals surface area contributed by atoms with Gasteiger partial charge in [0.15, 0.2) is 6.10 Å². The normalized spacial score (nSPS) is 44.9. The maximum atomic E-state index is 8.50. The zero-order valence-electron chi connectivity index (χ0n) is 5.32. The standard InChI is InChI=1S/C6H7NO3/c7-1-4-6-5(2-8-4)9-3-10-6/h4-6H,2-3H2. The molecule has 54 valence electrons. The number of nitrogens with zero attached hydrogens (tertiary/aromatic N) is 1. The molecule has 2 fully saturated rings. The number of hydrogen-bond acceptors (Lipinski definition) is 4. The Labute approximate surface area is 58.3 Å². The molecule has 2 aliphatic heterocycles. The number of hydrogen-bond donors (Lipinski definition) is 0. The van der Waals surface area contributed by atoms with Crippen LogP contribution < -0.4 is 0 Å². The summed E-state index contributed by atoms with van der Waals surface area (Å²) in [6, 6.07) is 2.01. The van der Waals surface area contributed by atoms with Crippen LogP contribution in [0.2, 0.25) is 0 Å². The van der Waals surface area contributed by atoms with E-state index in [4.69, 9.17) is 19.5 Å². The van der Waals surface area contributed by atoms with Crippen molar-refractivity contribution in [3.05, 3.63) is 0 Å². The second-order valence-corrected chi connectivity index (χ2v) is 2.34. The molecule has 2 aliphatic rings. The smallest absolute Gasteiger partial charge is 0.172 e. The van der Waals surface area contributed by atoms with Crippen molar-refractivity contribution in [1.82, 2.24) is 0 Å². The Balaban J connectivity index is 2.10. The summed E-state index contributed by atoms with van der Waals surface area (Å²) in [4.78, 5) is 0. The van der Waals surface area contributed by atoms with E-state index in [0.717, 1.165) is 0 Å². The van der Waals surface area contributed by atoms with Crippen LogP contribution in [-0.4, -0.2) is 31.7 Å². The second kappa shape index (κ2) is 2.20. The van der Waals surface area contributed by atoms with Crippen molar-refractivity contribution in [3.8, 4) is 6.07 Å². The molecule has 3 atom stereocenters. The van der Waals surface area contributed by atoms with Gasteiger partial charge < -0.3 is 14.2 Å². The second-order valence-electron chi connectivity index (χ2n) is 2.34. The van der Waals surface area contributed by atoms with Crippen molar-refractivity contribution in [1.29, 1.82) is 5.26 Å². The largest absolute Gasteiger partial charge is 0.358 e. The molecule has 2 saturated heterocycles. The first kappa shape index (κ1) is 6.10. The number of ether oxygens (including phenoxy) is 3. The van der Waals surface area contributed by atoms with Gasteiger partial charge in [-0.25, -0.2) is 0 Å². The average Bonchev–Trinajstić information content (AvgIpc) is 2.44. The van der Waals surface area contributed by atoms with Gasteiger partial charge in [0.25, 0.3) is 0 Å². The first-order valence-corrected chi connectivity index (χ1v) is 3.16. The van der Waals surface area contributed by atoms with Crippen LogP contribution >= 0.6 is 0 Å². The number of rotatable bonds is 0. The molecule has 0 aromatic heterocycles. The SMILES string of the molecule is N#CC1OCC2OCOC12. The maximum absolute atomic E-state index is 8.50. The van der Waals surface area contributed by atoms with Crippen LogP contribution in [0.15, 0.2) is 0 Å². The van der Waals surface area contributed by atoms with Gasteiger partial charge in [-0.15, -0.1) is 0 Å². The molecule has 0 amide bonds. The fourth-order valence-electron chi connectivity index (χ4n) is 1.24. The minimum atomic E-state index is -0.424. The van der Waals surface area contributed by atoms with E-state index in [1.807, 2.05) is 6.07 Å². The van der Waals surface area contributed by atoms with E-state index in [-0.39, 0.29) is 12.2 Å². The lowest BCUT2D eigenvalue weighted by Gasteiger charge is -2.05. The van der Waals surface area contributed by atoms with Gasteiger partial charge in [0.1, 0.15) is 19.0 Å². The highest BCUT2D eigenvalue weighted by molar-refractivity contribution is 5.00. The van der Waals surface area contributed by atoms with Gasteiger partial charge in [0.05, 0.1) is 12.7 Å². The lowest BCUT2D eigenvalue weighted by molar-refractivity contribution is -0.0267. The first-order chi connectivity index (χ1) is 4.92. The predicted molar refractivity (Wildman–Crippen MR) is 30.0 cm³/mol.